The number of hydrogen-bond acceptors (Lipinski definition) is 3. The number of amides is 1. The zero-order valence-corrected chi connectivity index (χ0v) is 12.8. The van der Waals surface area contributed by atoms with Gasteiger partial charge in [-0.05, 0) is 44.2 Å². The standard InChI is InChI=1S/C17H24N2O2/c1-17(2)10-14(7-8-21-17)19-16(20)15-9-12-5-3-4-6-13(12)11-18-15/h3-6,14-15,18H,7-11H2,1-2H3,(H,19,20)/t14?,15-/m1/s1. The SMILES string of the molecule is CC1(C)CC(NC(=O)[C@H]2Cc3ccccc3CN2)CCO1. The van der Waals surface area contributed by atoms with Crippen LogP contribution in [0.3, 0.4) is 0 Å². The first-order chi connectivity index (χ1) is 10.0. The molecule has 2 atom stereocenters. The monoisotopic (exact) mass is 288 g/mol. The summed E-state index contributed by atoms with van der Waals surface area (Å²) in [5.41, 5.74) is 2.44. The molecule has 1 aromatic rings. The number of benzene rings is 1. The number of fused-ring (bicyclic) bond motifs is 1. The quantitative estimate of drug-likeness (QED) is 0.872. The molecular formula is C17H24N2O2. The van der Waals surface area contributed by atoms with E-state index in [0.717, 1.165) is 32.4 Å². The zero-order chi connectivity index (χ0) is 14.9. The average Bonchev–Trinajstić information content (AvgIpc) is 2.45. The van der Waals surface area contributed by atoms with Crippen LogP contribution in [0, 0.1) is 0 Å². The largest absolute Gasteiger partial charge is 0.375 e. The summed E-state index contributed by atoms with van der Waals surface area (Å²) in [6.07, 6.45) is 2.55. The van der Waals surface area contributed by atoms with Crippen molar-refractivity contribution in [1.82, 2.24) is 10.6 Å². The molecule has 2 heterocycles. The van der Waals surface area contributed by atoms with Crippen molar-refractivity contribution in [2.45, 2.75) is 57.3 Å². The fourth-order valence-electron chi connectivity index (χ4n) is 3.30. The molecule has 1 saturated heterocycles. The van der Waals surface area contributed by atoms with E-state index in [-0.39, 0.29) is 23.6 Å². The smallest absolute Gasteiger partial charge is 0.237 e. The van der Waals surface area contributed by atoms with Crippen LogP contribution in [0.5, 0.6) is 0 Å². The van der Waals surface area contributed by atoms with Gasteiger partial charge in [-0.1, -0.05) is 24.3 Å². The summed E-state index contributed by atoms with van der Waals surface area (Å²) < 4.78 is 5.70. The summed E-state index contributed by atoms with van der Waals surface area (Å²) in [5, 5.41) is 6.54. The lowest BCUT2D eigenvalue weighted by molar-refractivity contribution is -0.126. The van der Waals surface area contributed by atoms with Gasteiger partial charge in [0.2, 0.25) is 5.91 Å². The minimum atomic E-state index is -0.136. The number of carbonyl (C=O) groups is 1. The number of nitrogens with one attached hydrogen (secondary N) is 2. The molecule has 0 aliphatic carbocycles. The summed E-state index contributed by atoms with van der Waals surface area (Å²) in [6.45, 7) is 5.66. The topological polar surface area (TPSA) is 50.4 Å². The van der Waals surface area contributed by atoms with Gasteiger partial charge >= 0.3 is 0 Å². The van der Waals surface area contributed by atoms with Crippen molar-refractivity contribution >= 4 is 5.91 Å². The van der Waals surface area contributed by atoms with Crippen LogP contribution in [0.15, 0.2) is 24.3 Å². The van der Waals surface area contributed by atoms with E-state index in [1.54, 1.807) is 0 Å². The van der Waals surface area contributed by atoms with E-state index >= 15 is 0 Å². The highest BCUT2D eigenvalue weighted by Gasteiger charge is 2.32. The summed E-state index contributed by atoms with van der Waals surface area (Å²) in [4.78, 5) is 12.5. The Morgan fingerprint density at radius 2 is 2.10 bits per heavy atom. The van der Waals surface area contributed by atoms with Crippen LogP contribution < -0.4 is 10.6 Å². The Morgan fingerprint density at radius 1 is 1.33 bits per heavy atom. The van der Waals surface area contributed by atoms with Gasteiger partial charge in [-0.25, -0.2) is 0 Å². The normalized spacial score (nSPS) is 27.7. The second-order valence-corrected chi connectivity index (χ2v) is 6.71. The van der Waals surface area contributed by atoms with Crippen LogP contribution in [0.2, 0.25) is 0 Å². The first-order valence-electron chi connectivity index (χ1n) is 7.78. The minimum absolute atomic E-state index is 0.118. The molecule has 0 spiro atoms. The van der Waals surface area contributed by atoms with Crippen molar-refractivity contribution in [2.75, 3.05) is 6.61 Å². The third-order valence-electron chi connectivity index (χ3n) is 4.44. The first kappa shape index (κ1) is 14.5. The lowest BCUT2D eigenvalue weighted by atomic mass is 9.92. The maximum Gasteiger partial charge on any atom is 0.237 e. The van der Waals surface area contributed by atoms with Crippen molar-refractivity contribution in [2.24, 2.45) is 0 Å². The van der Waals surface area contributed by atoms with E-state index in [1.165, 1.54) is 11.1 Å². The van der Waals surface area contributed by atoms with Crippen molar-refractivity contribution < 1.29 is 9.53 Å². The van der Waals surface area contributed by atoms with Gasteiger partial charge < -0.3 is 15.4 Å². The van der Waals surface area contributed by atoms with Crippen LogP contribution >= 0.6 is 0 Å². The van der Waals surface area contributed by atoms with Gasteiger partial charge in [-0.3, -0.25) is 4.79 Å². The van der Waals surface area contributed by atoms with Gasteiger partial charge in [0.25, 0.3) is 0 Å². The lowest BCUT2D eigenvalue weighted by Gasteiger charge is -2.36. The molecule has 0 radical (unpaired) electrons. The Bertz CT molecular complexity index is 527. The van der Waals surface area contributed by atoms with Crippen LogP contribution in [-0.2, 0) is 22.5 Å². The molecule has 1 unspecified atom stereocenters. The molecule has 4 heteroatoms. The van der Waals surface area contributed by atoms with E-state index < -0.39 is 0 Å². The maximum absolute atomic E-state index is 12.5. The van der Waals surface area contributed by atoms with Gasteiger partial charge in [0.1, 0.15) is 0 Å². The van der Waals surface area contributed by atoms with Crippen LogP contribution in [0.25, 0.3) is 0 Å². The molecule has 1 amide bonds. The van der Waals surface area contributed by atoms with E-state index in [4.69, 9.17) is 4.74 Å². The van der Waals surface area contributed by atoms with Crippen molar-refractivity contribution in [3.63, 3.8) is 0 Å². The third kappa shape index (κ3) is 3.44. The van der Waals surface area contributed by atoms with Crippen molar-refractivity contribution in [3.8, 4) is 0 Å². The third-order valence-corrected chi connectivity index (χ3v) is 4.44. The molecule has 21 heavy (non-hydrogen) atoms. The van der Waals surface area contributed by atoms with Crippen molar-refractivity contribution in [1.29, 1.82) is 0 Å². The Morgan fingerprint density at radius 3 is 2.86 bits per heavy atom. The fourth-order valence-corrected chi connectivity index (χ4v) is 3.30. The second kappa shape index (κ2) is 5.78. The summed E-state index contributed by atoms with van der Waals surface area (Å²) in [7, 11) is 0. The summed E-state index contributed by atoms with van der Waals surface area (Å²) >= 11 is 0. The number of hydrogen-bond donors (Lipinski definition) is 2. The maximum atomic E-state index is 12.5. The highest BCUT2D eigenvalue weighted by Crippen LogP contribution is 2.24. The highest BCUT2D eigenvalue weighted by molar-refractivity contribution is 5.82. The second-order valence-electron chi connectivity index (χ2n) is 6.71. The highest BCUT2D eigenvalue weighted by atomic mass is 16.5. The number of ether oxygens (including phenoxy) is 1. The van der Waals surface area contributed by atoms with Crippen LogP contribution in [0.4, 0.5) is 0 Å². The summed E-state index contributed by atoms with van der Waals surface area (Å²) in [5.74, 6) is 0.118. The van der Waals surface area contributed by atoms with E-state index in [2.05, 4.69) is 36.6 Å². The Kier molecular flexibility index (Phi) is 4.00. The van der Waals surface area contributed by atoms with E-state index in [9.17, 15) is 4.79 Å². The molecule has 0 aromatic heterocycles. The molecule has 2 aliphatic heterocycles. The minimum Gasteiger partial charge on any atom is -0.375 e. The van der Waals surface area contributed by atoms with Crippen molar-refractivity contribution in [3.05, 3.63) is 35.4 Å². The first-order valence-corrected chi connectivity index (χ1v) is 7.78. The zero-order valence-electron chi connectivity index (χ0n) is 12.8. The van der Waals surface area contributed by atoms with Gasteiger partial charge in [0.15, 0.2) is 0 Å². The molecule has 2 aliphatic rings. The molecular weight excluding hydrogens is 264 g/mol. The lowest BCUT2D eigenvalue weighted by Crippen LogP contribution is -2.53. The Hall–Kier alpha value is -1.39. The average molecular weight is 288 g/mol. The Balaban J connectivity index is 1.59. The van der Waals surface area contributed by atoms with Gasteiger partial charge in [-0.15, -0.1) is 0 Å². The molecule has 1 fully saturated rings. The molecule has 2 N–H and O–H groups in total. The molecule has 0 bridgehead atoms. The van der Waals surface area contributed by atoms with Gasteiger partial charge in [-0.2, -0.15) is 0 Å². The van der Waals surface area contributed by atoms with E-state index in [1.807, 2.05) is 12.1 Å². The predicted octanol–water partition coefficient (Wildman–Crippen LogP) is 1.77. The molecule has 4 nitrogen and oxygen atoms in total. The molecule has 1 aromatic carbocycles. The number of carbonyl (C=O) groups excluding carboxylic acids is 1. The van der Waals surface area contributed by atoms with Crippen LogP contribution in [-0.4, -0.2) is 30.2 Å². The molecule has 3 rings (SSSR count). The summed E-state index contributed by atoms with van der Waals surface area (Å²) in [6, 6.07) is 8.43. The van der Waals surface area contributed by atoms with Crippen LogP contribution in [0.1, 0.15) is 37.8 Å². The number of rotatable bonds is 2. The molecule has 114 valence electrons. The fraction of sp³-hybridized carbons (Fsp3) is 0.588. The van der Waals surface area contributed by atoms with Gasteiger partial charge in [0.05, 0.1) is 11.6 Å². The Labute approximate surface area is 126 Å². The van der Waals surface area contributed by atoms with E-state index in [0.29, 0.717) is 0 Å². The predicted molar refractivity (Wildman–Crippen MR) is 82.0 cm³/mol. The molecule has 0 saturated carbocycles. The van der Waals surface area contributed by atoms with Gasteiger partial charge in [0, 0.05) is 19.2 Å².